The predicted molar refractivity (Wildman–Crippen MR) is 87.9 cm³/mol. The van der Waals surface area contributed by atoms with Gasteiger partial charge in [-0.15, -0.1) is 0 Å². The first-order valence-corrected chi connectivity index (χ1v) is 8.45. The Hall–Kier alpha value is -0.940. The van der Waals surface area contributed by atoms with Gasteiger partial charge in [0.25, 0.3) is 0 Å². The summed E-state index contributed by atoms with van der Waals surface area (Å²) in [6.45, 7) is 4.64. The normalized spacial score (nSPS) is 19.2. The van der Waals surface area contributed by atoms with Gasteiger partial charge in [0, 0.05) is 13.1 Å². The average molecular weight is 307 g/mol. The van der Waals surface area contributed by atoms with Crippen LogP contribution in [0.1, 0.15) is 43.4 Å². The van der Waals surface area contributed by atoms with Crippen LogP contribution in [0.3, 0.4) is 0 Å². The van der Waals surface area contributed by atoms with Crippen molar-refractivity contribution < 1.29 is 14.9 Å². The molecule has 0 saturated heterocycles. The molecule has 22 heavy (non-hydrogen) atoms. The Morgan fingerprint density at radius 2 is 2.14 bits per heavy atom. The van der Waals surface area contributed by atoms with Gasteiger partial charge in [-0.05, 0) is 43.4 Å². The largest absolute Gasteiger partial charge is 0.395 e. The minimum absolute atomic E-state index is 0.108. The molecular weight excluding hydrogens is 278 g/mol. The van der Waals surface area contributed by atoms with E-state index in [4.69, 9.17) is 9.84 Å². The number of nitrogens with zero attached hydrogens (tertiary/aromatic N) is 1. The summed E-state index contributed by atoms with van der Waals surface area (Å²) < 4.78 is 5.99. The molecule has 2 atom stereocenters. The van der Waals surface area contributed by atoms with E-state index in [1.54, 1.807) is 0 Å². The molecule has 0 heterocycles. The van der Waals surface area contributed by atoms with Gasteiger partial charge >= 0.3 is 0 Å². The first-order valence-electron chi connectivity index (χ1n) is 8.45. The van der Waals surface area contributed by atoms with Crippen molar-refractivity contribution >= 4 is 0 Å². The predicted octanol–water partition coefficient (Wildman–Crippen LogP) is 2.15. The minimum atomic E-state index is -0.507. The Morgan fingerprint density at radius 1 is 1.32 bits per heavy atom. The molecule has 2 N–H and O–H groups in total. The first-order chi connectivity index (χ1) is 10.7. The molecule has 1 aliphatic carbocycles. The number of benzene rings is 1. The molecule has 4 nitrogen and oxygen atoms in total. The molecule has 0 aromatic heterocycles. The van der Waals surface area contributed by atoms with Crippen LogP contribution in [0.5, 0.6) is 0 Å². The Bertz CT molecular complexity index is 432. The van der Waals surface area contributed by atoms with Gasteiger partial charge in [-0.25, -0.2) is 0 Å². The van der Waals surface area contributed by atoms with Gasteiger partial charge < -0.3 is 14.9 Å². The van der Waals surface area contributed by atoms with Crippen molar-refractivity contribution in [1.29, 1.82) is 0 Å². The lowest BCUT2D eigenvalue weighted by molar-refractivity contribution is -0.0292. The topological polar surface area (TPSA) is 52.9 Å². The number of rotatable bonds is 9. The van der Waals surface area contributed by atoms with Crippen molar-refractivity contribution in [2.75, 3.05) is 32.8 Å². The summed E-state index contributed by atoms with van der Waals surface area (Å²) in [5.74, 6) is 0. The van der Waals surface area contributed by atoms with Crippen molar-refractivity contribution in [3.63, 3.8) is 0 Å². The minimum Gasteiger partial charge on any atom is -0.395 e. The van der Waals surface area contributed by atoms with Crippen LogP contribution in [0.15, 0.2) is 24.3 Å². The number of hydrogen-bond donors (Lipinski definition) is 2. The van der Waals surface area contributed by atoms with Gasteiger partial charge in [0.15, 0.2) is 0 Å². The van der Waals surface area contributed by atoms with E-state index in [-0.39, 0.29) is 12.7 Å². The highest BCUT2D eigenvalue weighted by Crippen LogP contribution is 2.32. The fraction of sp³-hybridized carbons (Fsp3) is 0.667. The second-order valence-electron chi connectivity index (χ2n) is 6.09. The highest BCUT2D eigenvalue weighted by molar-refractivity contribution is 5.31. The lowest BCUT2D eigenvalue weighted by Crippen LogP contribution is -2.37. The summed E-state index contributed by atoms with van der Waals surface area (Å²) in [4.78, 5) is 2.09. The molecule has 1 aromatic rings. The number of aryl methyl sites for hydroxylation is 1. The highest BCUT2D eigenvalue weighted by atomic mass is 16.5. The molecule has 0 saturated carbocycles. The Labute approximate surface area is 133 Å². The lowest BCUT2D eigenvalue weighted by atomic mass is 9.89. The van der Waals surface area contributed by atoms with Crippen molar-refractivity contribution in [3.8, 4) is 0 Å². The van der Waals surface area contributed by atoms with Gasteiger partial charge in [-0.3, -0.25) is 4.90 Å². The van der Waals surface area contributed by atoms with Crippen molar-refractivity contribution in [3.05, 3.63) is 35.4 Å². The number of aliphatic hydroxyl groups excluding tert-OH is 2. The monoisotopic (exact) mass is 307 g/mol. The van der Waals surface area contributed by atoms with E-state index in [0.29, 0.717) is 19.7 Å². The third kappa shape index (κ3) is 5.06. The van der Waals surface area contributed by atoms with Crippen LogP contribution in [-0.2, 0) is 11.2 Å². The van der Waals surface area contributed by atoms with E-state index in [2.05, 4.69) is 36.1 Å². The third-order valence-corrected chi connectivity index (χ3v) is 4.23. The molecule has 0 fully saturated rings. The lowest BCUT2D eigenvalue weighted by Gasteiger charge is -2.28. The Balaban J connectivity index is 1.82. The maximum absolute atomic E-state index is 10.2. The SMILES string of the molecule is CCCN(CCO)C[C@@H](O)CO[C@H]1CCCc2ccccc21. The van der Waals surface area contributed by atoms with Crippen LogP contribution in [0.4, 0.5) is 0 Å². The maximum atomic E-state index is 10.2. The third-order valence-electron chi connectivity index (χ3n) is 4.23. The Kier molecular flexibility index (Phi) is 7.33. The summed E-state index contributed by atoms with van der Waals surface area (Å²) in [5.41, 5.74) is 2.66. The van der Waals surface area contributed by atoms with E-state index in [1.165, 1.54) is 11.1 Å². The quantitative estimate of drug-likeness (QED) is 0.734. The van der Waals surface area contributed by atoms with Crippen molar-refractivity contribution in [2.45, 2.75) is 44.8 Å². The van der Waals surface area contributed by atoms with Crippen LogP contribution in [-0.4, -0.2) is 54.1 Å². The first kappa shape index (κ1) is 17.4. The average Bonchev–Trinajstić information content (AvgIpc) is 2.53. The van der Waals surface area contributed by atoms with Gasteiger partial charge in [0.1, 0.15) is 0 Å². The van der Waals surface area contributed by atoms with Crippen LogP contribution < -0.4 is 0 Å². The molecule has 1 aliphatic rings. The highest BCUT2D eigenvalue weighted by Gasteiger charge is 2.21. The second kappa shape index (κ2) is 9.26. The molecule has 0 unspecified atom stereocenters. The number of ether oxygens (including phenoxy) is 1. The van der Waals surface area contributed by atoms with Gasteiger partial charge in [0.05, 0.1) is 25.4 Å². The maximum Gasteiger partial charge on any atom is 0.0900 e. The van der Waals surface area contributed by atoms with Crippen molar-refractivity contribution in [1.82, 2.24) is 4.90 Å². The van der Waals surface area contributed by atoms with Crippen LogP contribution in [0.2, 0.25) is 0 Å². The summed E-state index contributed by atoms with van der Waals surface area (Å²) in [5, 5.41) is 19.3. The number of hydrogen-bond acceptors (Lipinski definition) is 4. The second-order valence-corrected chi connectivity index (χ2v) is 6.09. The molecule has 0 radical (unpaired) electrons. The molecule has 1 aromatic carbocycles. The summed E-state index contributed by atoms with van der Waals surface area (Å²) in [6.07, 6.45) is 3.91. The summed E-state index contributed by atoms with van der Waals surface area (Å²) >= 11 is 0. The zero-order valence-electron chi connectivity index (χ0n) is 13.6. The van der Waals surface area contributed by atoms with E-state index in [0.717, 1.165) is 32.2 Å². The Morgan fingerprint density at radius 3 is 2.91 bits per heavy atom. The summed E-state index contributed by atoms with van der Waals surface area (Å²) in [7, 11) is 0. The van der Waals surface area contributed by atoms with Gasteiger partial charge in [0.2, 0.25) is 0 Å². The van der Waals surface area contributed by atoms with Crippen LogP contribution in [0.25, 0.3) is 0 Å². The van der Waals surface area contributed by atoms with Crippen molar-refractivity contribution in [2.24, 2.45) is 0 Å². The van der Waals surface area contributed by atoms with E-state index in [9.17, 15) is 5.11 Å². The zero-order valence-corrected chi connectivity index (χ0v) is 13.6. The van der Waals surface area contributed by atoms with E-state index in [1.807, 2.05) is 0 Å². The fourth-order valence-electron chi connectivity index (χ4n) is 3.21. The standard InChI is InChI=1S/C18H29NO3/c1-2-10-19(11-12-20)13-16(21)14-22-18-9-5-7-15-6-3-4-8-17(15)18/h3-4,6,8,16,18,20-21H,2,5,7,9-14H2,1H3/t16-,18+/m1/s1. The smallest absolute Gasteiger partial charge is 0.0900 e. The molecule has 0 bridgehead atoms. The van der Waals surface area contributed by atoms with Crippen LogP contribution >= 0.6 is 0 Å². The van der Waals surface area contributed by atoms with Crippen LogP contribution in [0, 0.1) is 0 Å². The molecule has 0 amide bonds. The molecular formula is C18H29NO3. The number of aliphatic hydroxyl groups is 2. The van der Waals surface area contributed by atoms with Gasteiger partial charge in [-0.1, -0.05) is 31.2 Å². The zero-order chi connectivity index (χ0) is 15.8. The molecule has 0 spiro atoms. The fourth-order valence-corrected chi connectivity index (χ4v) is 3.21. The molecule has 4 heteroatoms. The molecule has 2 rings (SSSR count). The van der Waals surface area contributed by atoms with Gasteiger partial charge in [-0.2, -0.15) is 0 Å². The molecule has 0 aliphatic heterocycles. The number of fused-ring (bicyclic) bond motifs is 1. The van der Waals surface area contributed by atoms with E-state index >= 15 is 0 Å². The summed E-state index contributed by atoms with van der Waals surface area (Å²) in [6, 6.07) is 8.45. The van der Waals surface area contributed by atoms with E-state index < -0.39 is 6.10 Å². The molecule has 124 valence electrons.